The predicted octanol–water partition coefficient (Wildman–Crippen LogP) is 4.77. The Morgan fingerprint density at radius 3 is 2.24 bits per heavy atom. The third kappa shape index (κ3) is 6.90. The molecule has 3 aromatic rings. The van der Waals surface area contributed by atoms with Crippen LogP contribution >= 0.6 is 0 Å². The number of rotatable bonds is 10. The molecule has 1 amide bonds. The van der Waals surface area contributed by atoms with Gasteiger partial charge in [0.15, 0.2) is 0 Å². The Bertz CT molecular complexity index is 1060. The van der Waals surface area contributed by atoms with Crippen molar-refractivity contribution < 1.29 is 19.4 Å². The van der Waals surface area contributed by atoms with Crippen LogP contribution < -0.4 is 5.32 Å². The summed E-state index contributed by atoms with van der Waals surface area (Å²) < 4.78 is 5.85. The fourth-order valence-electron chi connectivity index (χ4n) is 4.15. The zero-order valence-electron chi connectivity index (χ0n) is 19.5. The molecule has 5 nitrogen and oxygen atoms in total. The van der Waals surface area contributed by atoms with Gasteiger partial charge >= 0.3 is 5.97 Å². The van der Waals surface area contributed by atoms with E-state index >= 15 is 0 Å². The van der Waals surface area contributed by atoms with Crippen molar-refractivity contribution in [2.75, 3.05) is 7.05 Å². The second-order valence-corrected chi connectivity index (χ2v) is 8.94. The summed E-state index contributed by atoms with van der Waals surface area (Å²) in [6.45, 7) is 4.09. The van der Waals surface area contributed by atoms with E-state index in [0.717, 1.165) is 16.3 Å². The number of aliphatic hydroxyl groups excluding tert-OH is 1. The van der Waals surface area contributed by atoms with E-state index in [-0.39, 0.29) is 18.2 Å². The number of fused-ring (bicyclic) bond motifs is 1. The first-order valence-electron chi connectivity index (χ1n) is 11.5. The lowest BCUT2D eigenvalue weighted by Gasteiger charge is -2.27. The molecule has 33 heavy (non-hydrogen) atoms. The summed E-state index contributed by atoms with van der Waals surface area (Å²) in [7, 11) is 1.60. The Morgan fingerprint density at radius 1 is 0.909 bits per heavy atom. The summed E-state index contributed by atoms with van der Waals surface area (Å²) in [5.74, 6) is -0.655. The van der Waals surface area contributed by atoms with Crippen LogP contribution in [-0.4, -0.2) is 36.2 Å². The molecule has 0 radical (unpaired) electrons. The number of nitrogens with one attached hydrogen (secondary N) is 1. The third-order valence-corrected chi connectivity index (χ3v) is 5.85. The Kier molecular flexibility index (Phi) is 8.61. The van der Waals surface area contributed by atoms with Gasteiger partial charge in [0.2, 0.25) is 5.91 Å². The highest BCUT2D eigenvalue weighted by Crippen LogP contribution is 2.23. The first-order chi connectivity index (χ1) is 15.9. The number of esters is 1. The standard InChI is InChI=1S/C28H33NO4/c1-19(2)15-24(27(31)29-3)18-25(30)26(16-20-9-5-4-6-10-20)33-28(32)23-14-13-21-11-7-8-12-22(21)17-23/h4-14,17,19,24-26,30H,15-16,18H2,1-3H3,(H,29,31)/t24-,25+,26+/m1/s1. The number of hydrogen-bond donors (Lipinski definition) is 2. The van der Waals surface area contributed by atoms with Crippen LogP contribution in [0.5, 0.6) is 0 Å². The minimum absolute atomic E-state index is 0.109. The van der Waals surface area contributed by atoms with E-state index in [2.05, 4.69) is 5.32 Å². The lowest BCUT2D eigenvalue weighted by molar-refractivity contribution is -0.126. The van der Waals surface area contributed by atoms with Gasteiger partial charge in [0.05, 0.1) is 11.7 Å². The highest BCUT2D eigenvalue weighted by molar-refractivity contribution is 5.95. The summed E-state index contributed by atoms with van der Waals surface area (Å²) in [5.41, 5.74) is 1.39. The maximum atomic E-state index is 13.0. The van der Waals surface area contributed by atoms with Crippen molar-refractivity contribution in [2.45, 2.75) is 45.3 Å². The molecule has 3 atom stereocenters. The topological polar surface area (TPSA) is 75.6 Å². The van der Waals surface area contributed by atoms with E-state index in [1.165, 1.54) is 0 Å². The van der Waals surface area contributed by atoms with E-state index in [1.54, 1.807) is 19.2 Å². The van der Waals surface area contributed by atoms with Gasteiger partial charge in [0.1, 0.15) is 6.10 Å². The van der Waals surface area contributed by atoms with Gasteiger partial charge in [-0.25, -0.2) is 4.79 Å². The molecule has 174 valence electrons. The predicted molar refractivity (Wildman–Crippen MR) is 131 cm³/mol. The van der Waals surface area contributed by atoms with Crippen LogP contribution in [-0.2, 0) is 16.0 Å². The number of hydrogen-bond acceptors (Lipinski definition) is 4. The molecule has 0 aliphatic heterocycles. The molecule has 0 heterocycles. The summed E-state index contributed by atoms with van der Waals surface area (Å²) in [6.07, 6.45) is -0.515. The van der Waals surface area contributed by atoms with Crippen molar-refractivity contribution in [1.29, 1.82) is 0 Å². The molecule has 3 rings (SSSR count). The van der Waals surface area contributed by atoms with Gasteiger partial charge in [0, 0.05) is 19.4 Å². The molecule has 0 saturated heterocycles. The minimum atomic E-state index is -0.976. The smallest absolute Gasteiger partial charge is 0.338 e. The Hall–Kier alpha value is -3.18. The molecule has 0 bridgehead atoms. The zero-order chi connectivity index (χ0) is 23.8. The van der Waals surface area contributed by atoms with Crippen LogP contribution in [0.25, 0.3) is 10.8 Å². The zero-order valence-corrected chi connectivity index (χ0v) is 19.5. The van der Waals surface area contributed by atoms with E-state index in [4.69, 9.17) is 4.74 Å². The van der Waals surface area contributed by atoms with E-state index in [0.29, 0.717) is 24.3 Å². The average molecular weight is 448 g/mol. The molecule has 0 unspecified atom stereocenters. The quantitative estimate of drug-likeness (QED) is 0.439. The highest BCUT2D eigenvalue weighted by atomic mass is 16.6. The maximum Gasteiger partial charge on any atom is 0.338 e. The molecule has 0 aromatic heterocycles. The summed E-state index contributed by atoms with van der Waals surface area (Å²) in [6, 6.07) is 22.9. The molecular weight excluding hydrogens is 414 g/mol. The second kappa shape index (κ2) is 11.6. The Balaban J connectivity index is 1.81. The van der Waals surface area contributed by atoms with Crippen LogP contribution in [0.15, 0.2) is 72.8 Å². The SMILES string of the molecule is CNC(=O)[C@H](CC(C)C)C[C@H](O)[C@H](Cc1ccccc1)OC(=O)c1ccc2ccccc2c1. The number of ether oxygens (including phenoxy) is 1. The number of carbonyl (C=O) groups excluding carboxylic acids is 2. The maximum absolute atomic E-state index is 13.0. The minimum Gasteiger partial charge on any atom is -0.456 e. The number of benzene rings is 3. The molecule has 0 fully saturated rings. The molecule has 2 N–H and O–H groups in total. The van der Waals surface area contributed by atoms with Crippen molar-refractivity contribution in [3.05, 3.63) is 83.9 Å². The van der Waals surface area contributed by atoms with Crippen LogP contribution in [0.1, 0.15) is 42.6 Å². The molecule has 0 aliphatic rings. The van der Waals surface area contributed by atoms with Crippen LogP contribution in [0.4, 0.5) is 0 Å². The first kappa shape index (κ1) is 24.5. The van der Waals surface area contributed by atoms with Gasteiger partial charge in [-0.2, -0.15) is 0 Å². The lowest BCUT2D eigenvalue weighted by Crippen LogP contribution is -2.38. The molecule has 5 heteroatoms. The second-order valence-electron chi connectivity index (χ2n) is 8.94. The van der Waals surface area contributed by atoms with Gasteiger partial charge < -0.3 is 15.2 Å². The summed E-state index contributed by atoms with van der Waals surface area (Å²) in [5, 5.41) is 15.8. The average Bonchev–Trinajstić information content (AvgIpc) is 2.82. The first-order valence-corrected chi connectivity index (χ1v) is 11.5. The van der Waals surface area contributed by atoms with Crippen LogP contribution in [0, 0.1) is 11.8 Å². The molecule has 0 spiro atoms. The van der Waals surface area contributed by atoms with Crippen molar-refractivity contribution in [2.24, 2.45) is 11.8 Å². The van der Waals surface area contributed by atoms with Crippen LogP contribution in [0.2, 0.25) is 0 Å². The number of amides is 1. The number of aliphatic hydroxyl groups is 1. The fourth-order valence-corrected chi connectivity index (χ4v) is 4.15. The van der Waals surface area contributed by atoms with Crippen molar-refractivity contribution in [3.8, 4) is 0 Å². The molecule has 0 aliphatic carbocycles. The monoisotopic (exact) mass is 447 g/mol. The lowest BCUT2D eigenvalue weighted by atomic mass is 9.88. The Morgan fingerprint density at radius 2 is 1.58 bits per heavy atom. The van der Waals surface area contributed by atoms with Gasteiger partial charge in [-0.1, -0.05) is 74.5 Å². The van der Waals surface area contributed by atoms with E-state index in [9.17, 15) is 14.7 Å². The largest absolute Gasteiger partial charge is 0.456 e. The fraction of sp³-hybridized carbons (Fsp3) is 0.357. The van der Waals surface area contributed by atoms with Crippen LogP contribution in [0.3, 0.4) is 0 Å². The van der Waals surface area contributed by atoms with Gasteiger partial charge in [0.25, 0.3) is 0 Å². The summed E-state index contributed by atoms with van der Waals surface area (Å²) >= 11 is 0. The molecule has 0 saturated carbocycles. The molecule has 3 aromatic carbocycles. The van der Waals surface area contributed by atoms with Gasteiger partial charge in [-0.15, -0.1) is 0 Å². The van der Waals surface area contributed by atoms with Gasteiger partial charge in [-0.05, 0) is 47.2 Å². The molecular formula is C28H33NO4. The van der Waals surface area contributed by atoms with E-state index < -0.39 is 18.2 Å². The van der Waals surface area contributed by atoms with Crippen molar-refractivity contribution >= 4 is 22.6 Å². The van der Waals surface area contributed by atoms with Crippen molar-refractivity contribution in [1.82, 2.24) is 5.32 Å². The normalized spacial score (nSPS) is 14.0. The number of carbonyl (C=O) groups is 2. The van der Waals surface area contributed by atoms with Gasteiger partial charge in [-0.3, -0.25) is 4.79 Å². The summed E-state index contributed by atoms with van der Waals surface area (Å²) in [4.78, 5) is 25.4. The Labute approximate surface area is 195 Å². The highest BCUT2D eigenvalue weighted by Gasteiger charge is 2.30. The van der Waals surface area contributed by atoms with E-state index in [1.807, 2.05) is 74.5 Å². The van der Waals surface area contributed by atoms with Crippen molar-refractivity contribution in [3.63, 3.8) is 0 Å². The third-order valence-electron chi connectivity index (χ3n) is 5.85.